The molecule has 0 saturated carbocycles. The first-order chi connectivity index (χ1) is 9.62. The maximum absolute atomic E-state index is 12.1. The van der Waals surface area contributed by atoms with Crippen molar-refractivity contribution in [1.29, 1.82) is 0 Å². The van der Waals surface area contributed by atoms with Crippen LogP contribution in [0, 0.1) is 5.92 Å². The third-order valence-electron chi connectivity index (χ3n) is 3.27. The second kappa shape index (κ2) is 7.16. The van der Waals surface area contributed by atoms with E-state index in [1.165, 1.54) is 6.20 Å². The van der Waals surface area contributed by atoms with Crippen molar-refractivity contribution in [2.75, 3.05) is 32.8 Å². The topological polar surface area (TPSA) is 85.2 Å². The number of rotatable bonds is 8. The monoisotopic (exact) mass is 302 g/mol. The summed E-state index contributed by atoms with van der Waals surface area (Å²) in [5.41, 5.74) is 0. The Morgan fingerprint density at radius 3 is 3.10 bits per heavy atom. The number of hydrogen-bond acceptors (Lipinski definition) is 5. The molecule has 1 aliphatic heterocycles. The highest BCUT2D eigenvalue weighted by Gasteiger charge is 2.21. The van der Waals surface area contributed by atoms with Gasteiger partial charge in [0.2, 0.25) is 10.0 Å². The van der Waals surface area contributed by atoms with Crippen LogP contribution in [0.1, 0.15) is 13.3 Å². The van der Waals surface area contributed by atoms with E-state index in [0.717, 1.165) is 26.1 Å². The summed E-state index contributed by atoms with van der Waals surface area (Å²) < 4.78 is 33.7. The van der Waals surface area contributed by atoms with E-state index in [-0.39, 0.29) is 10.8 Å². The summed E-state index contributed by atoms with van der Waals surface area (Å²) in [5.74, 6) is 0.272. The molecule has 0 bridgehead atoms. The summed E-state index contributed by atoms with van der Waals surface area (Å²) in [6, 6.07) is 0. The number of ether oxygens (including phenoxy) is 1. The average Bonchev–Trinajstić information content (AvgIpc) is 3.08. The van der Waals surface area contributed by atoms with Crippen LogP contribution >= 0.6 is 0 Å². The van der Waals surface area contributed by atoms with Crippen LogP contribution in [0.15, 0.2) is 17.3 Å². The molecule has 1 aromatic rings. The van der Waals surface area contributed by atoms with Gasteiger partial charge in [-0.3, -0.25) is 4.68 Å². The van der Waals surface area contributed by atoms with Crippen LogP contribution in [0.4, 0.5) is 0 Å². The minimum atomic E-state index is -3.47. The molecule has 7 nitrogen and oxygen atoms in total. The molecule has 20 heavy (non-hydrogen) atoms. The fourth-order valence-electron chi connectivity index (χ4n) is 2.03. The Morgan fingerprint density at radius 1 is 1.55 bits per heavy atom. The van der Waals surface area contributed by atoms with Gasteiger partial charge in [0.05, 0.1) is 19.3 Å². The van der Waals surface area contributed by atoms with Gasteiger partial charge in [-0.05, 0) is 18.9 Å². The Balaban J connectivity index is 1.88. The van der Waals surface area contributed by atoms with Crippen LogP contribution in [0.3, 0.4) is 0 Å². The van der Waals surface area contributed by atoms with Crippen LogP contribution in [0.5, 0.6) is 0 Å². The van der Waals surface area contributed by atoms with Crippen molar-refractivity contribution in [3.05, 3.63) is 12.4 Å². The van der Waals surface area contributed by atoms with Crippen LogP contribution in [-0.4, -0.2) is 51.0 Å². The van der Waals surface area contributed by atoms with Gasteiger partial charge in [-0.25, -0.2) is 13.1 Å². The quantitative estimate of drug-likeness (QED) is 0.650. The zero-order valence-electron chi connectivity index (χ0n) is 11.7. The average molecular weight is 302 g/mol. The van der Waals surface area contributed by atoms with Crippen molar-refractivity contribution in [3.63, 3.8) is 0 Å². The molecular formula is C12H22N4O3S. The van der Waals surface area contributed by atoms with Crippen LogP contribution in [0.25, 0.3) is 0 Å². The molecule has 8 heteroatoms. The summed E-state index contributed by atoms with van der Waals surface area (Å²) in [6.45, 7) is 6.10. The molecule has 1 unspecified atom stereocenters. The van der Waals surface area contributed by atoms with Crippen molar-refractivity contribution in [2.45, 2.75) is 24.8 Å². The molecule has 2 N–H and O–H groups in total. The molecule has 114 valence electrons. The molecule has 0 aromatic carbocycles. The van der Waals surface area contributed by atoms with Crippen molar-refractivity contribution in [1.82, 2.24) is 19.8 Å². The van der Waals surface area contributed by atoms with E-state index in [9.17, 15) is 8.42 Å². The summed E-state index contributed by atoms with van der Waals surface area (Å²) in [4.78, 5) is 0.216. The maximum Gasteiger partial charge on any atom is 0.243 e. The number of likely N-dealkylation sites (N-methyl/N-ethyl adjacent to an activating group) is 1. The molecule has 2 rings (SSSR count). The highest BCUT2D eigenvalue weighted by molar-refractivity contribution is 7.89. The van der Waals surface area contributed by atoms with Gasteiger partial charge in [-0.15, -0.1) is 0 Å². The molecule has 0 amide bonds. The van der Waals surface area contributed by atoms with Crippen molar-refractivity contribution >= 4 is 10.0 Å². The Hall–Kier alpha value is -0.960. The third-order valence-corrected chi connectivity index (χ3v) is 4.65. The van der Waals surface area contributed by atoms with Crippen molar-refractivity contribution < 1.29 is 13.2 Å². The molecule has 0 aliphatic carbocycles. The van der Waals surface area contributed by atoms with Gasteiger partial charge >= 0.3 is 0 Å². The molecule has 1 aromatic heterocycles. The zero-order valence-corrected chi connectivity index (χ0v) is 12.5. The van der Waals surface area contributed by atoms with E-state index in [2.05, 4.69) is 15.1 Å². The van der Waals surface area contributed by atoms with Crippen LogP contribution in [0.2, 0.25) is 0 Å². The van der Waals surface area contributed by atoms with Gasteiger partial charge in [0, 0.05) is 25.9 Å². The van der Waals surface area contributed by atoms with E-state index < -0.39 is 10.0 Å². The number of nitrogens with one attached hydrogen (secondary N) is 2. The Bertz CT molecular complexity index is 509. The third kappa shape index (κ3) is 4.27. The van der Waals surface area contributed by atoms with E-state index in [1.54, 1.807) is 10.9 Å². The van der Waals surface area contributed by atoms with E-state index in [0.29, 0.717) is 19.7 Å². The highest BCUT2D eigenvalue weighted by atomic mass is 32.2. The van der Waals surface area contributed by atoms with Gasteiger partial charge in [0.15, 0.2) is 0 Å². The van der Waals surface area contributed by atoms with Crippen LogP contribution in [-0.2, 0) is 21.3 Å². The summed E-state index contributed by atoms with van der Waals surface area (Å²) in [7, 11) is -3.47. The smallest absolute Gasteiger partial charge is 0.243 e. The summed E-state index contributed by atoms with van der Waals surface area (Å²) in [6.07, 6.45) is 3.86. The Morgan fingerprint density at radius 2 is 2.40 bits per heavy atom. The zero-order chi connectivity index (χ0) is 14.4. The maximum atomic E-state index is 12.1. The second-order valence-electron chi connectivity index (χ2n) is 4.87. The lowest BCUT2D eigenvalue weighted by Crippen LogP contribution is -2.29. The van der Waals surface area contributed by atoms with Gasteiger partial charge in [0.25, 0.3) is 0 Å². The lowest BCUT2D eigenvalue weighted by molar-refractivity contribution is 0.186. The number of sulfonamides is 1. The largest absolute Gasteiger partial charge is 0.381 e. The van der Waals surface area contributed by atoms with E-state index >= 15 is 0 Å². The molecule has 1 saturated heterocycles. The lowest BCUT2D eigenvalue weighted by atomic mass is 10.1. The minimum absolute atomic E-state index is 0.216. The first kappa shape index (κ1) is 15.4. The fourth-order valence-corrected chi connectivity index (χ4v) is 3.10. The summed E-state index contributed by atoms with van der Waals surface area (Å²) in [5, 5.41) is 7.23. The Kier molecular flexibility index (Phi) is 5.53. The van der Waals surface area contributed by atoms with Gasteiger partial charge < -0.3 is 10.1 Å². The summed E-state index contributed by atoms with van der Waals surface area (Å²) >= 11 is 0. The first-order valence-corrected chi connectivity index (χ1v) is 8.40. The SMILES string of the molecule is CCNCCn1cc(S(=O)(=O)NCC2CCOC2)cn1. The predicted molar refractivity (Wildman–Crippen MR) is 74.9 cm³/mol. The van der Waals surface area contributed by atoms with E-state index in [1.807, 2.05) is 6.92 Å². The fraction of sp³-hybridized carbons (Fsp3) is 0.750. The predicted octanol–water partition coefficient (Wildman–Crippen LogP) is -0.193. The first-order valence-electron chi connectivity index (χ1n) is 6.92. The Labute approximate surface area is 119 Å². The molecule has 1 aliphatic rings. The van der Waals surface area contributed by atoms with Gasteiger partial charge in [0.1, 0.15) is 4.90 Å². The van der Waals surface area contributed by atoms with Crippen molar-refractivity contribution in [3.8, 4) is 0 Å². The molecular weight excluding hydrogens is 280 g/mol. The van der Waals surface area contributed by atoms with Crippen LogP contribution < -0.4 is 10.0 Å². The minimum Gasteiger partial charge on any atom is -0.381 e. The van der Waals surface area contributed by atoms with Gasteiger partial charge in [-0.1, -0.05) is 6.92 Å². The lowest BCUT2D eigenvalue weighted by Gasteiger charge is -2.08. The van der Waals surface area contributed by atoms with Gasteiger partial charge in [-0.2, -0.15) is 5.10 Å². The number of hydrogen-bond donors (Lipinski definition) is 2. The highest BCUT2D eigenvalue weighted by Crippen LogP contribution is 2.13. The molecule has 0 radical (unpaired) electrons. The standard InChI is InChI=1S/C12H22N4O3S/c1-2-13-4-5-16-9-12(8-14-16)20(17,18)15-7-11-3-6-19-10-11/h8-9,11,13,15H,2-7,10H2,1H3. The molecule has 1 fully saturated rings. The number of aromatic nitrogens is 2. The normalized spacial score (nSPS) is 19.6. The molecule has 0 spiro atoms. The van der Waals surface area contributed by atoms with E-state index in [4.69, 9.17) is 4.74 Å². The van der Waals surface area contributed by atoms with Crippen molar-refractivity contribution in [2.24, 2.45) is 5.92 Å². The molecule has 1 atom stereocenters. The number of nitrogens with zero attached hydrogens (tertiary/aromatic N) is 2. The second-order valence-corrected chi connectivity index (χ2v) is 6.64. The molecule has 2 heterocycles.